The number of hydrogen-bond acceptors (Lipinski definition) is 4. The zero-order valence-electron chi connectivity index (χ0n) is 17.8. The second kappa shape index (κ2) is 8.38. The predicted octanol–water partition coefficient (Wildman–Crippen LogP) is 2.17. The van der Waals surface area contributed by atoms with Crippen LogP contribution >= 0.6 is 0 Å². The van der Waals surface area contributed by atoms with Crippen molar-refractivity contribution in [3.63, 3.8) is 0 Å². The summed E-state index contributed by atoms with van der Waals surface area (Å²) in [5.74, 6) is 0.0240. The van der Waals surface area contributed by atoms with Crippen LogP contribution in [0.4, 0.5) is 0 Å². The Morgan fingerprint density at radius 3 is 2.43 bits per heavy atom. The maximum absolute atomic E-state index is 13.5. The van der Waals surface area contributed by atoms with Gasteiger partial charge in [-0.05, 0) is 38.3 Å². The Kier molecular flexibility index (Phi) is 5.82. The Morgan fingerprint density at radius 2 is 1.83 bits per heavy atom. The van der Waals surface area contributed by atoms with Gasteiger partial charge in [0, 0.05) is 43.5 Å². The largest absolute Gasteiger partial charge is 0.353 e. The fourth-order valence-corrected chi connectivity index (χ4v) is 4.39. The van der Waals surface area contributed by atoms with Crippen molar-refractivity contribution in [3.05, 3.63) is 35.9 Å². The van der Waals surface area contributed by atoms with Crippen molar-refractivity contribution >= 4 is 17.7 Å². The molecule has 0 aromatic heterocycles. The average molecular weight is 414 g/mol. The molecule has 7 heteroatoms. The highest BCUT2D eigenvalue weighted by molar-refractivity contribution is 5.98. The lowest BCUT2D eigenvalue weighted by Crippen LogP contribution is -2.60. The molecule has 0 unspecified atom stereocenters. The summed E-state index contributed by atoms with van der Waals surface area (Å²) in [5.41, 5.74) is -0.301. The van der Waals surface area contributed by atoms with E-state index in [1.54, 1.807) is 17.0 Å². The molecule has 1 N–H and O–H groups in total. The lowest BCUT2D eigenvalue weighted by atomic mass is 9.96. The van der Waals surface area contributed by atoms with Crippen LogP contribution < -0.4 is 5.32 Å². The van der Waals surface area contributed by atoms with Gasteiger partial charge in [-0.3, -0.25) is 19.3 Å². The quantitative estimate of drug-likeness (QED) is 0.803. The molecule has 3 amide bonds. The van der Waals surface area contributed by atoms with Crippen LogP contribution in [0.3, 0.4) is 0 Å². The fourth-order valence-electron chi connectivity index (χ4n) is 4.39. The number of carbonyl (C=O) groups is 3. The van der Waals surface area contributed by atoms with Crippen molar-refractivity contribution in [2.75, 3.05) is 19.7 Å². The molecule has 30 heavy (non-hydrogen) atoms. The van der Waals surface area contributed by atoms with Gasteiger partial charge >= 0.3 is 0 Å². The van der Waals surface area contributed by atoms with E-state index in [-0.39, 0.29) is 36.3 Å². The Bertz CT molecular complexity index is 800. The molecule has 7 nitrogen and oxygen atoms in total. The van der Waals surface area contributed by atoms with Gasteiger partial charge in [0.25, 0.3) is 5.91 Å². The molecule has 2 heterocycles. The van der Waals surface area contributed by atoms with Crippen LogP contribution in [0.25, 0.3) is 0 Å². The highest BCUT2D eigenvalue weighted by Crippen LogP contribution is 2.40. The summed E-state index contributed by atoms with van der Waals surface area (Å²) in [6.07, 6.45) is 3.82. The van der Waals surface area contributed by atoms with E-state index >= 15 is 0 Å². The number of carbonyl (C=O) groups excluding carboxylic acids is 3. The summed E-state index contributed by atoms with van der Waals surface area (Å²) in [6, 6.07) is 8.40. The van der Waals surface area contributed by atoms with Crippen molar-refractivity contribution in [3.8, 4) is 0 Å². The smallest absolute Gasteiger partial charge is 0.256 e. The van der Waals surface area contributed by atoms with Crippen molar-refractivity contribution in [1.82, 2.24) is 15.1 Å². The number of benzene rings is 1. The van der Waals surface area contributed by atoms with Gasteiger partial charge in [0.1, 0.15) is 11.8 Å². The van der Waals surface area contributed by atoms with E-state index in [4.69, 9.17) is 4.74 Å². The lowest BCUT2D eigenvalue weighted by Gasteiger charge is -2.44. The Labute approximate surface area is 177 Å². The second-order valence-electron chi connectivity index (χ2n) is 8.73. The molecule has 1 saturated carbocycles. The summed E-state index contributed by atoms with van der Waals surface area (Å²) in [7, 11) is 0. The molecular formula is C23H31N3O4. The van der Waals surface area contributed by atoms with Crippen molar-refractivity contribution < 1.29 is 19.1 Å². The molecule has 1 aromatic carbocycles. The number of rotatable bonds is 5. The first-order chi connectivity index (χ1) is 14.4. The number of hydrogen-bond donors (Lipinski definition) is 1. The van der Waals surface area contributed by atoms with E-state index in [0.29, 0.717) is 31.5 Å². The maximum atomic E-state index is 13.5. The van der Waals surface area contributed by atoms with Crippen LogP contribution in [-0.2, 0) is 14.3 Å². The molecule has 1 aliphatic carbocycles. The van der Waals surface area contributed by atoms with E-state index < -0.39 is 11.8 Å². The first-order valence-corrected chi connectivity index (χ1v) is 11.1. The molecule has 4 rings (SSSR count). The minimum absolute atomic E-state index is 0.0285. The molecule has 162 valence electrons. The second-order valence-corrected chi connectivity index (χ2v) is 8.73. The van der Waals surface area contributed by atoms with E-state index in [1.165, 1.54) is 0 Å². The molecule has 3 aliphatic rings. The zero-order chi connectivity index (χ0) is 21.3. The number of likely N-dealkylation sites (tertiary alicyclic amines) is 1. The summed E-state index contributed by atoms with van der Waals surface area (Å²) < 4.78 is 6.20. The zero-order valence-corrected chi connectivity index (χ0v) is 17.8. The van der Waals surface area contributed by atoms with Gasteiger partial charge in [0.2, 0.25) is 11.8 Å². The van der Waals surface area contributed by atoms with Gasteiger partial charge in [-0.2, -0.15) is 0 Å². The Morgan fingerprint density at radius 1 is 1.17 bits per heavy atom. The van der Waals surface area contributed by atoms with Crippen LogP contribution in [0.5, 0.6) is 0 Å². The summed E-state index contributed by atoms with van der Waals surface area (Å²) in [6.45, 7) is 5.24. The normalized spacial score (nSPS) is 24.0. The molecule has 0 radical (unpaired) electrons. The SMILES string of the molecule is CC[C@@H](C)NC(=O)[C@@H]1COC2(CCN(C(=O)C3CC3)CC2)N1C(=O)c1ccccc1. The number of nitrogens with zero attached hydrogens (tertiary/aromatic N) is 2. The molecule has 1 spiro atoms. The molecule has 2 aliphatic heterocycles. The highest BCUT2D eigenvalue weighted by Gasteiger charge is 2.54. The molecule has 0 bridgehead atoms. The van der Waals surface area contributed by atoms with Gasteiger partial charge in [-0.1, -0.05) is 25.1 Å². The maximum Gasteiger partial charge on any atom is 0.256 e. The minimum Gasteiger partial charge on any atom is -0.353 e. The first kappa shape index (κ1) is 20.8. The van der Waals surface area contributed by atoms with E-state index in [2.05, 4.69) is 5.32 Å². The van der Waals surface area contributed by atoms with Gasteiger partial charge in [-0.25, -0.2) is 0 Å². The van der Waals surface area contributed by atoms with Gasteiger partial charge < -0.3 is 15.0 Å². The number of nitrogens with one attached hydrogen (secondary N) is 1. The molecule has 2 saturated heterocycles. The first-order valence-electron chi connectivity index (χ1n) is 11.1. The molecular weight excluding hydrogens is 382 g/mol. The third-order valence-electron chi connectivity index (χ3n) is 6.59. The monoisotopic (exact) mass is 413 g/mol. The molecule has 1 aromatic rings. The lowest BCUT2D eigenvalue weighted by molar-refractivity contribution is -0.144. The number of amides is 3. The fraction of sp³-hybridized carbons (Fsp3) is 0.609. The number of piperidine rings is 1. The van der Waals surface area contributed by atoms with Gasteiger partial charge in [-0.15, -0.1) is 0 Å². The van der Waals surface area contributed by atoms with Crippen molar-refractivity contribution in [1.29, 1.82) is 0 Å². The van der Waals surface area contributed by atoms with Crippen LogP contribution in [0.15, 0.2) is 30.3 Å². The third kappa shape index (κ3) is 3.95. The predicted molar refractivity (Wildman–Crippen MR) is 112 cm³/mol. The Balaban J connectivity index is 1.57. The van der Waals surface area contributed by atoms with Crippen LogP contribution in [-0.4, -0.2) is 65.0 Å². The van der Waals surface area contributed by atoms with Crippen LogP contribution in [0, 0.1) is 5.92 Å². The van der Waals surface area contributed by atoms with Gasteiger partial charge in [0.05, 0.1) is 6.61 Å². The summed E-state index contributed by atoms with van der Waals surface area (Å²) in [4.78, 5) is 42.5. The van der Waals surface area contributed by atoms with E-state index in [1.807, 2.05) is 36.9 Å². The molecule has 3 fully saturated rings. The van der Waals surface area contributed by atoms with Crippen molar-refractivity contribution in [2.45, 2.75) is 63.8 Å². The Hall–Kier alpha value is -2.41. The number of ether oxygens (including phenoxy) is 1. The van der Waals surface area contributed by atoms with Gasteiger partial charge in [0.15, 0.2) is 0 Å². The van der Waals surface area contributed by atoms with E-state index in [9.17, 15) is 14.4 Å². The third-order valence-corrected chi connectivity index (χ3v) is 6.59. The average Bonchev–Trinajstić information content (AvgIpc) is 3.56. The summed E-state index contributed by atoms with van der Waals surface area (Å²) >= 11 is 0. The summed E-state index contributed by atoms with van der Waals surface area (Å²) in [5, 5.41) is 3.00. The molecule has 2 atom stereocenters. The topological polar surface area (TPSA) is 79.0 Å². The minimum atomic E-state index is -0.843. The van der Waals surface area contributed by atoms with E-state index in [0.717, 1.165) is 19.3 Å². The highest BCUT2D eigenvalue weighted by atomic mass is 16.5. The van der Waals surface area contributed by atoms with Crippen molar-refractivity contribution in [2.24, 2.45) is 5.92 Å². The van der Waals surface area contributed by atoms with Crippen LogP contribution in [0.2, 0.25) is 0 Å². The standard InChI is InChI=1S/C23H31N3O4/c1-3-16(2)24-20(27)19-15-30-23(26(19)22(29)17-7-5-4-6-8-17)11-13-25(14-12-23)21(28)18-9-10-18/h4-8,16,18-19H,3,9-15H2,1-2H3,(H,24,27)/t16-,19+/m1/s1. The van der Waals surface area contributed by atoms with Crippen LogP contribution in [0.1, 0.15) is 56.3 Å².